The zero-order valence-electron chi connectivity index (χ0n) is 15.9. The van der Waals surface area contributed by atoms with Crippen molar-refractivity contribution in [2.24, 2.45) is 0 Å². The van der Waals surface area contributed by atoms with E-state index >= 15 is 0 Å². The lowest BCUT2D eigenvalue weighted by atomic mass is 10.1. The summed E-state index contributed by atoms with van der Waals surface area (Å²) < 4.78 is 0. The van der Waals surface area contributed by atoms with Gasteiger partial charge in [-0.15, -0.1) is 0 Å². The van der Waals surface area contributed by atoms with Crippen LogP contribution in [0.5, 0.6) is 0 Å². The number of nitrogens with zero attached hydrogens (tertiary/aromatic N) is 1. The van der Waals surface area contributed by atoms with Gasteiger partial charge in [0.05, 0.1) is 5.69 Å². The third-order valence-electron chi connectivity index (χ3n) is 4.61. The molecule has 0 aromatic heterocycles. The molecule has 0 saturated carbocycles. The number of amides is 2. The van der Waals surface area contributed by atoms with Crippen molar-refractivity contribution in [1.29, 1.82) is 0 Å². The Kier molecular flexibility index (Phi) is 5.49. The van der Waals surface area contributed by atoms with Crippen LogP contribution in [-0.4, -0.2) is 16.5 Å². The minimum absolute atomic E-state index is 0.253. The highest BCUT2D eigenvalue weighted by molar-refractivity contribution is 8.16. The quantitative estimate of drug-likeness (QED) is 0.550. The lowest BCUT2D eigenvalue weighted by Crippen LogP contribution is -2.34. The fraction of sp³-hybridized carbons (Fsp3) is 0.0833. The van der Waals surface area contributed by atoms with Gasteiger partial charge in [0.2, 0.25) is 0 Å². The molecule has 1 unspecified atom stereocenters. The highest BCUT2D eigenvalue weighted by atomic mass is 32.2. The van der Waals surface area contributed by atoms with Crippen LogP contribution in [0, 0.1) is 6.92 Å². The summed E-state index contributed by atoms with van der Waals surface area (Å²) in [5.41, 5.74) is 4.67. The van der Waals surface area contributed by atoms with Gasteiger partial charge < -0.3 is 5.32 Å². The molecule has 5 heteroatoms. The van der Waals surface area contributed by atoms with Crippen molar-refractivity contribution in [2.45, 2.75) is 12.3 Å². The summed E-state index contributed by atoms with van der Waals surface area (Å²) in [6.07, 6.45) is 4.09. The van der Waals surface area contributed by atoms with Gasteiger partial charge in [0.1, 0.15) is 0 Å². The van der Waals surface area contributed by atoms with E-state index in [1.165, 1.54) is 4.90 Å². The molecule has 1 fully saturated rings. The first-order valence-corrected chi connectivity index (χ1v) is 10.2. The summed E-state index contributed by atoms with van der Waals surface area (Å²) in [6, 6.07) is 25.2. The number of thioether (sulfide) groups is 1. The predicted molar refractivity (Wildman–Crippen MR) is 121 cm³/mol. The molecule has 1 aliphatic rings. The Morgan fingerprint density at radius 2 is 1.45 bits per heavy atom. The highest BCUT2D eigenvalue weighted by Crippen LogP contribution is 2.32. The van der Waals surface area contributed by atoms with Gasteiger partial charge in [0.15, 0.2) is 5.37 Å². The van der Waals surface area contributed by atoms with E-state index in [-0.39, 0.29) is 11.1 Å². The minimum atomic E-state index is -0.630. The van der Waals surface area contributed by atoms with E-state index in [1.54, 1.807) is 12.1 Å². The maximum Gasteiger partial charge on any atom is 0.295 e. The molecule has 1 aliphatic heterocycles. The van der Waals surface area contributed by atoms with Crippen molar-refractivity contribution in [2.75, 3.05) is 10.2 Å². The third kappa shape index (κ3) is 4.41. The molecule has 0 spiro atoms. The van der Waals surface area contributed by atoms with Crippen molar-refractivity contribution in [3.05, 3.63) is 95.6 Å². The fourth-order valence-electron chi connectivity index (χ4n) is 3.03. The third-order valence-corrected chi connectivity index (χ3v) is 5.55. The molecule has 4 rings (SSSR count). The summed E-state index contributed by atoms with van der Waals surface area (Å²) in [7, 11) is 0. The summed E-state index contributed by atoms with van der Waals surface area (Å²) in [5.74, 6) is -0.253. The lowest BCUT2D eigenvalue weighted by molar-refractivity contribution is -0.116. The number of imide groups is 1. The first kappa shape index (κ1) is 19.0. The Balaban J connectivity index is 1.43. The Morgan fingerprint density at radius 3 is 2.10 bits per heavy atom. The maximum absolute atomic E-state index is 12.7. The number of hydrogen-bond acceptors (Lipinski definition) is 4. The Labute approximate surface area is 174 Å². The molecule has 144 valence electrons. The molecular formula is C24H20N2O2S. The van der Waals surface area contributed by atoms with Crippen LogP contribution in [0.3, 0.4) is 0 Å². The van der Waals surface area contributed by atoms with Crippen LogP contribution < -0.4 is 10.2 Å². The molecule has 1 N–H and O–H groups in total. The number of aryl methyl sites for hydroxylation is 1. The first-order valence-electron chi connectivity index (χ1n) is 9.31. The van der Waals surface area contributed by atoms with E-state index in [9.17, 15) is 9.59 Å². The van der Waals surface area contributed by atoms with Crippen molar-refractivity contribution < 1.29 is 9.59 Å². The molecule has 4 nitrogen and oxygen atoms in total. The second kappa shape index (κ2) is 8.37. The average molecular weight is 401 g/mol. The van der Waals surface area contributed by atoms with Gasteiger partial charge in [-0.05, 0) is 54.1 Å². The van der Waals surface area contributed by atoms with E-state index in [1.807, 2.05) is 79.7 Å². The van der Waals surface area contributed by atoms with E-state index in [0.29, 0.717) is 5.69 Å². The van der Waals surface area contributed by atoms with Crippen molar-refractivity contribution in [3.8, 4) is 0 Å². The van der Waals surface area contributed by atoms with Crippen LogP contribution in [0.15, 0.2) is 78.9 Å². The van der Waals surface area contributed by atoms with Gasteiger partial charge >= 0.3 is 0 Å². The van der Waals surface area contributed by atoms with Gasteiger partial charge in [-0.2, -0.15) is 0 Å². The molecule has 29 heavy (non-hydrogen) atoms. The smallest absolute Gasteiger partial charge is 0.295 e. The standard InChI is InChI=1S/C24H20N2O2S/c1-17-7-15-21(16-8-17)26-23(27)22(29-24(26)28)25-20-13-11-19(12-14-20)10-9-18-5-3-2-4-6-18/h2-16,22,25H,1H3. The molecule has 0 radical (unpaired) electrons. The molecule has 3 aromatic carbocycles. The van der Waals surface area contributed by atoms with E-state index in [2.05, 4.69) is 11.4 Å². The average Bonchev–Trinajstić information content (AvgIpc) is 3.02. The van der Waals surface area contributed by atoms with Gasteiger partial charge in [0.25, 0.3) is 11.1 Å². The van der Waals surface area contributed by atoms with Crippen LogP contribution in [0.4, 0.5) is 16.2 Å². The van der Waals surface area contributed by atoms with E-state index < -0.39 is 5.37 Å². The second-order valence-electron chi connectivity index (χ2n) is 6.78. The number of carbonyl (C=O) groups excluding carboxylic acids is 2. The molecule has 1 atom stereocenters. The largest absolute Gasteiger partial charge is 0.365 e. The summed E-state index contributed by atoms with van der Waals surface area (Å²) in [6.45, 7) is 1.97. The summed E-state index contributed by atoms with van der Waals surface area (Å²) in [5, 5.41) is 2.26. The van der Waals surface area contributed by atoms with Gasteiger partial charge in [0, 0.05) is 5.69 Å². The maximum atomic E-state index is 12.7. The van der Waals surface area contributed by atoms with Crippen LogP contribution in [-0.2, 0) is 4.79 Å². The molecule has 3 aromatic rings. The molecule has 2 amide bonds. The topological polar surface area (TPSA) is 49.4 Å². The number of hydrogen-bond donors (Lipinski definition) is 1. The van der Waals surface area contributed by atoms with Crippen molar-refractivity contribution in [3.63, 3.8) is 0 Å². The number of anilines is 2. The predicted octanol–water partition coefficient (Wildman–Crippen LogP) is 5.80. The SMILES string of the molecule is Cc1ccc(N2C(=O)SC(Nc3ccc(C=Cc4ccccc4)cc3)C2=O)cc1. The normalized spacial score (nSPS) is 16.6. The van der Waals surface area contributed by atoms with Crippen LogP contribution >= 0.6 is 11.8 Å². The number of benzene rings is 3. The lowest BCUT2D eigenvalue weighted by Gasteiger charge is -2.15. The highest BCUT2D eigenvalue weighted by Gasteiger charge is 2.40. The second-order valence-corrected chi connectivity index (χ2v) is 7.84. The monoisotopic (exact) mass is 400 g/mol. The number of rotatable bonds is 5. The molecule has 1 heterocycles. The van der Waals surface area contributed by atoms with Gasteiger partial charge in [-0.3, -0.25) is 9.59 Å². The zero-order chi connectivity index (χ0) is 20.2. The minimum Gasteiger partial charge on any atom is -0.365 e. The fourth-order valence-corrected chi connectivity index (χ4v) is 3.93. The number of carbonyl (C=O) groups is 2. The van der Waals surface area contributed by atoms with Crippen LogP contribution in [0.2, 0.25) is 0 Å². The van der Waals surface area contributed by atoms with Crippen LogP contribution in [0.25, 0.3) is 12.2 Å². The molecular weight excluding hydrogens is 380 g/mol. The Morgan fingerprint density at radius 1 is 0.828 bits per heavy atom. The van der Waals surface area contributed by atoms with Gasteiger partial charge in [-0.25, -0.2) is 4.90 Å². The van der Waals surface area contributed by atoms with Crippen molar-refractivity contribution >= 4 is 46.4 Å². The zero-order valence-corrected chi connectivity index (χ0v) is 16.7. The van der Waals surface area contributed by atoms with Crippen molar-refractivity contribution in [1.82, 2.24) is 0 Å². The van der Waals surface area contributed by atoms with Crippen LogP contribution in [0.1, 0.15) is 16.7 Å². The summed E-state index contributed by atoms with van der Waals surface area (Å²) in [4.78, 5) is 26.3. The van der Waals surface area contributed by atoms with Gasteiger partial charge in [-0.1, -0.05) is 72.3 Å². The van der Waals surface area contributed by atoms with E-state index in [4.69, 9.17) is 0 Å². The Hall–Kier alpha value is -3.31. The number of nitrogens with one attached hydrogen (secondary N) is 1. The Bertz CT molecular complexity index is 1040. The first-order chi connectivity index (χ1) is 14.1. The molecule has 0 bridgehead atoms. The molecule has 0 aliphatic carbocycles. The summed E-state index contributed by atoms with van der Waals surface area (Å²) >= 11 is 1.000. The molecule has 1 saturated heterocycles. The van der Waals surface area contributed by atoms with E-state index in [0.717, 1.165) is 34.1 Å².